The highest BCUT2D eigenvalue weighted by molar-refractivity contribution is 4.98. The second kappa shape index (κ2) is 5.83. The Morgan fingerprint density at radius 3 is 2.47 bits per heavy atom. The Bertz CT molecular complexity index is 182. The van der Waals surface area contributed by atoms with Crippen molar-refractivity contribution in [3.63, 3.8) is 0 Å². The summed E-state index contributed by atoms with van der Waals surface area (Å²) >= 11 is 0. The van der Waals surface area contributed by atoms with Crippen LogP contribution in [0.4, 0.5) is 0 Å². The molecule has 0 saturated heterocycles. The van der Waals surface area contributed by atoms with E-state index in [2.05, 4.69) is 31.0 Å². The molecule has 3 nitrogen and oxygen atoms in total. The molecule has 0 aromatic heterocycles. The van der Waals surface area contributed by atoms with Gasteiger partial charge in [-0.2, -0.15) is 0 Å². The van der Waals surface area contributed by atoms with Crippen LogP contribution in [0.2, 0.25) is 0 Å². The zero-order valence-electron chi connectivity index (χ0n) is 10.4. The summed E-state index contributed by atoms with van der Waals surface area (Å²) in [6.07, 6.45) is 3.42. The first kappa shape index (κ1) is 12.9. The fourth-order valence-electron chi connectivity index (χ4n) is 2.88. The molecule has 2 unspecified atom stereocenters. The Morgan fingerprint density at radius 2 is 2.00 bits per heavy atom. The largest absolute Gasteiger partial charge is 0.394 e. The number of rotatable bonds is 6. The maximum atomic E-state index is 9.51. The summed E-state index contributed by atoms with van der Waals surface area (Å²) in [7, 11) is 0. The van der Waals surface area contributed by atoms with Crippen LogP contribution in [0.3, 0.4) is 0 Å². The van der Waals surface area contributed by atoms with Gasteiger partial charge in [0.1, 0.15) is 0 Å². The predicted octanol–water partition coefficient (Wildman–Crippen LogP) is 1.22. The molecule has 1 rings (SSSR count). The van der Waals surface area contributed by atoms with Gasteiger partial charge < -0.3 is 15.3 Å². The molecule has 2 N–H and O–H groups in total. The molecule has 0 heterocycles. The summed E-state index contributed by atoms with van der Waals surface area (Å²) in [5, 5.41) is 13.0. The lowest BCUT2D eigenvalue weighted by atomic mass is 9.98. The SMILES string of the molecule is CCNC1(CO)CCC(N(CC)CC)C1. The van der Waals surface area contributed by atoms with Crippen molar-refractivity contribution in [2.45, 2.75) is 51.6 Å². The normalized spacial score (nSPS) is 31.4. The molecule has 1 aliphatic rings. The van der Waals surface area contributed by atoms with Crippen LogP contribution in [0, 0.1) is 0 Å². The van der Waals surface area contributed by atoms with Gasteiger partial charge in [0.2, 0.25) is 0 Å². The predicted molar refractivity (Wildman–Crippen MR) is 64.1 cm³/mol. The van der Waals surface area contributed by atoms with E-state index >= 15 is 0 Å². The lowest BCUT2D eigenvalue weighted by Crippen LogP contribution is -2.47. The summed E-state index contributed by atoms with van der Waals surface area (Å²) in [6.45, 7) is 10.0. The van der Waals surface area contributed by atoms with E-state index in [9.17, 15) is 5.11 Å². The highest BCUT2D eigenvalue weighted by Crippen LogP contribution is 2.32. The van der Waals surface area contributed by atoms with Crippen LogP contribution in [-0.2, 0) is 0 Å². The van der Waals surface area contributed by atoms with Gasteiger partial charge in [-0.05, 0) is 38.9 Å². The Kier molecular flexibility index (Phi) is 5.03. The van der Waals surface area contributed by atoms with Crippen molar-refractivity contribution in [2.24, 2.45) is 0 Å². The Balaban J connectivity index is 2.55. The summed E-state index contributed by atoms with van der Waals surface area (Å²) in [5.41, 5.74) is 0.00199. The molecule has 0 amide bonds. The molecule has 0 aromatic carbocycles. The topological polar surface area (TPSA) is 35.5 Å². The number of nitrogens with one attached hydrogen (secondary N) is 1. The van der Waals surface area contributed by atoms with Crippen LogP contribution < -0.4 is 5.32 Å². The summed E-state index contributed by atoms with van der Waals surface area (Å²) in [4.78, 5) is 2.51. The van der Waals surface area contributed by atoms with Crippen LogP contribution in [-0.4, -0.2) is 47.8 Å². The molecule has 0 aliphatic heterocycles. The average Bonchev–Trinajstić information content (AvgIpc) is 2.66. The molecule has 0 bridgehead atoms. The van der Waals surface area contributed by atoms with E-state index < -0.39 is 0 Å². The number of likely N-dealkylation sites (N-methyl/N-ethyl adjacent to an activating group) is 1. The van der Waals surface area contributed by atoms with E-state index in [4.69, 9.17) is 0 Å². The molecule has 1 saturated carbocycles. The number of aliphatic hydroxyl groups excluding tert-OH is 1. The second-order valence-corrected chi connectivity index (χ2v) is 4.59. The number of hydrogen-bond donors (Lipinski definition) is 2. The molecule has 1 fully saturated rings. The number of hydrogen-bond acceptors (Lipinski definition) is 3. The Morgan fingerprint density at radius 1 is 1.33 bits per heavy atom. The molecule has 15 heavy (non-hydrogen) atoms. The molecular weight excluding hydrogens is 188 g/mol. The Hall–Kier alpha value is -0.120. The lowest BCUT2D eigenvalue weighted by Gasteiger charge is -2.31. The Labute approximate surface area is 93.9 Å². The highest BCUT2D eigenvalue weighted by Gasteiger charge is 2.39. The number of nitrogens with zero attached hydrogens (tertiary/aromatic N) is 1. The molecule has 1 aliphatic carbocycles. The molecule has 0 aromatic rings. The van der Waals surface area contributed by atoms with Crippen molar-refractivity contribution in [1.29, 1.82) is 0 Å². The van der Waals surface area contributed by atoms with Crippen molar-refractivity contribution in [2.75, 3.05) is 26.2 Å². The van der Waals surface area contributed by atoms with Gasteiger partial charge in [-0.25, -0.2) is 0 Å². The van der Waals surface area contributed by atoms with Gasteiger partial charge in [0.05, 0.1) is 6.61 Å². The zero-order valence-corrected chi connectivity index (χ0v) is 10.4. The third-order valence-corrected chi connectivity index (χ3v) is 3.77. The minimum atomic E-state index is 0.00199. The van der Waals surface area contributed by atoms with Gasteiger partial charge in [-0.1, -0.05) is 20.8 Å². The van der Waals surface area contributed by atoms with E-state index in [1.807, 2.05) is 0 Å². The van der Waals surface area contributed by atoms with Crippen LogP contribution in [0.1, 0.15) is 40.0 Å². The highest BCUT2D eigenvalue weighted by atomic mass is 16.3. The van der Waals surface area contributed by atoms with Gasteiger partial charge >= 0.3 is 0 Å². The van der Waals surface area contributed by atoms with Gasteiger partial charge in [0.25, 0.3) is 0 Å². The monoisotopic (exact) mass is 214 g/mol. The average molecular weight is 214 g/mol. The first-order valence-corrected chi connectivity index (χ1v) is 6.31. The van der Waals surface area contributed by atoms with Crippen LogP contribution in [0.25, 0.3) is 0 Å². The van der Waals surface area contributed by atoms with Crippen molar-refractivity contribution in [3.05, 3.63) is 0 Å². The van der Waals surface area contributed by atoms with E-state index in [-0.39, 0.29) is 12.1 Å². The van der Waals surface area contributed by atoms with E-state index in [1.54, 1.807) is 0 Å². The smallest absolute Gasteiger partial charge is 0.0613 e. The van der Waals surface area contributed by atoms with Gasteiger partial charge in [-0.3, -0.25) is 0 Å². The fourth-order valence-corrected chi connectivity index (χ4v) is 2.88. The van der Waals surface area contributed by atoms with Crippen LogP contribution in [0.5, 0.6) is 0 Å². The maximum absolute atomic E-state index is 9.51. The van der Waals surface area contributed by atoms with Gasteiger partial charge in [-0.15, -0.1) is 0 Å². The first-order chi connectivity index (χ1) is 7.21. The fraction of sp³-hybridized carbons (Fsp3) is 1.00. The van der Waals surface area contributed by atoms with E-state index in [0.717, 1.165) is 32.5 Å². The third kappa shape index (κ3) is 2.92. The first-order valence-electron chi connectivity index (χ1n) is 6.31. The zero-order chi connectivity index (χ0) is 11.3. The van der Waals surface area contributed by atoms with Crippen molar-refractivity contribution < 1.29 is 5.11 Å². The maximum Gasteiger partial charge on any atom is 0.0613 e. The number of aliphatic hydroxyl groups is 1. The van der Waals surface area contributed by atoms with E-state index in [1.165, 1.54) is 6.42 Å². The minimum Gasteiger partial charge on any atom is -0.394 e. The quantitative estimate of drug-likeness (QED) is 0.698. The summed E-state index contributed by atoms with van der Waals surface area (Å²) in [5.74, 6) is 0. The van der Waals surface area contributed by atoms with Crippen LogP contribution >= 0.6 is 0 Å². The molecule has 0 radical (unpaired) electrons. The van der Waals surface area contributed by atoms with Crippen molar-refractivity contribution >= 4 is 0 Å². The standard InChI is InChI=1S/C12H26N2O/c1-4-13-12(10-15)8-7-11(9-12)14(5-2)6-3/h11,13,15H,4-10H2,1-3H3. The molecule has 2 atom stereocenters. The van der Waals surface area contributed by atoms with Gasteiger partial charge in [0.15, 0.2) is 0 Å². The summed E-state index contributed by atoms with van der Waals surface area (Å²) < 4.78 is 0. The second-order valence-electron chi connectivity index (χ2n) is 4.59. The van der Waals surface area contributed by atoms with Crippen molar-refractivity contribution in [3.8, 4) is 0 Å². The molecule has 3 heteroatoms. The van der Waals surface area contributed by atoms with Crippen molar-refractivity contribution in [1.82, 2.24) is 10.2 Å². The third-order valence-electron chi connectivity index (χ3n) is 3.77. The lowest BCUT2D eigenvalue weighted by molar-refractivity contribution is 0.148. The van der Waals surface area contributed by atoms with E-state index in [0.29, 0.717) is 6.04 Å². The van der Waals surface area contributed by atoms with Gasteiger partial charge in [0, 0.05) is 11.6 Å². The minimum absolute atomic E-state index is 0.00199. The molecule has 90 valence electrons. The molecular formula is C12H26N2O. The molecule has 0 spiro atoms. The van der Waals surface area contributed by atoms with Crippen LogP contribution in [0.15, 0.2) is 0 Å². The summed E-state index contributed by atoms with van der Waals surface area (Å²) in [6, 6.07) is 0.659.